The molecule has 0 saturated heterocycles. The molecule has 0 saturated carbocycles. The van der Waals surface area contributed by atoms with Gasteiger partial charge in [0, 0.05) is 22.9 Å². The normalized spacial score (nSPS) is 11.2. The number of para-hydroxylation sites is 1. The molecule has 2 heterocycles. The number of fused-ring (bicyclic) bond motifs is 1. The molecule has 130 valence electrons. The summed E-state index contributed by atoms with van der Waals surface area (Å²) in [5.41, 5.74) is 1.01. The lowest BCUT2D eigenvalue weighted by atomic mass is 10.1. The molecule has 0 aliphatic rings. The predicted molar refractivity (Wildman–Crippen MR) is 101 cm³/mol. The molecule has 4 aromatic rings. The van der Waals surface area contributed by atoms with E-state index in [0.717, 1.165) is 10.5 Å². The minimum atomic E-state index is -0.394. The fraction of sp³-hybridized carbons (Fsp3) is 0.105. The number of hydrogen-bond donors (Lipinski definition) is 1. The van der Waals surface area contributed by atoms with E-state index >= 15 is 0 Å². The van der Waals surface area contributed by atoms with Gasteiger partial charge in [0.15, 0.2) is 0 Å². The lowest BCUT2D eigenvalue weighted by Crippen LogP contribution is -2.19. The number of nitrogens with zero attached hydrogens (tertiary/aromatic N) is 3. The molecule has 0 spiro atoms. The number of thioether (sulfide) groups is 1. The fourth-order valence-corrected chi connectivity index (χ4v) is 3.26. The molecular formula is C19H15N3O3S. The van der Waals surface area contributed by atoms with Gasteiger partial charge >= 0.3 is 0 Å². The summed E-state index contributed by atoms with van der Waals surface area (Å²) in [6.45, 7) is 0. The van der Waals surface area contributed by atoms with Crippen LogP contribution in [0.5, 0.6) is 5.75 Å². The largest absolute Gasteiger partial charge is 0.506 e. The first kappa shape index (κ1) is 16.4. The van der Waals surface area contributed by atoms with Crippen LogP contribution in [0.25, 0.3) is 33.7 Å². The van der Waals surface area contributed by atoms with Crippen molar-refractivity contribution in [1.29, 1.82) is 0 Å². The van der Waals surface area contributed by atoms with Crippen molar-refractivity contribution in [3.63, 3.8) is 0 Å². The molecule has 0 aliphatic carbocycles. The van der Waals surface area contributed by atoms with Crippen LogP contribution in [0.4, 0.5) is 0 Å². The molecule has 0 unspecified atom stereocenters. The van der Waals surface area contributed by atoms with E-state index in [2.05, 4.69) is 10.1 Å². The molecule has 0 bridgehead atoms. The van der Waals surface area contributed by atoms with Crippen LogP contribution in [0.2, 0.25) is 0 Å². The van der Waals surface area contributed by atoms with Crippen LogP contribution >= 0.6 is 11.8 Å². The van der Waals surface area contributed by atoms with Crippen LogP contribution in [-0.4, -0.2) is 26.1 Å². The Hall–Kier alpha value is -3.06. The molecule has 0 aliphatic heterocycles. The molecule has 2 aromatic heterocycles. The summed E-state index contributed by atoms with van der Waals surface area (Å²) in [7, 11) is 1.64. The second-order valence-electron chi connectivity index (χ2n) is 5.76. The van der Waals surface area contributed by atoms with E-state index in [-0.39, 0.29) is 17.2 Å². The summed E-state index contributed by atoms with van der Waals surface area (Å²) in [4.78, 5) is 18.1. The summed E-state index contributed by atoms with van der Waals surface area (Å²) >= 11 is 1.64. The van der Waals surface area contributed by atoms with Crippen molar-refractivity contribution in [2.24, 2.45) is 7.05 Å². The van der Waals surface area contributed by atoms with Gasteiger partial charge in [-0.25, -0.2) is 0 Å². The summed E-state index contributed by atoms with van der Waals surface area (Å²) < 4.78 is 6.75. The molecule has 0 fully saturated rings. The maximum atomic E-state index is 12.7. The van der Waals surface area contributed by atoms with E-state index in [0.29, 0.717) is 16.7 Å². The van der Waals surface area contributed by atoms with E-state index in [4.69, 9.17) is 4.52 Å². The fourth-order valence-electron chi connectivity index (χ4n) is 2.85. The van der Waals surface area contributed by atoms with Crippen molar-refractivity contribution in [2.75, 3.05) is 6.26 Å². The van der Waals surface area contributed by atoms with Crippen molar-refractivity contribution in [3.8, 4) is 28.6 Å². The average molecular weight is 365 g/mol. The second-order valence-corrected chi connectivity index (χ2v) is 6.64. The Morgan fingerprint density at radius 2 is 1.85 bits per heavy atom. The highest BCUT2D eigenvalue weighted by Crippen LogP contribution is 2.32. The Morgan fingerprint density at radius 3 is 2.58 bits per heavy atom. The number of aromatic nitrogens is 3. The van der Waals surface area contributed by atoms with Crippen molar-refractivity contribution in [2.45, 2.75) is 4.90 Å². The Morgan fingerprint density at radius 1 is 1.12 bits per heavy atom. The maximum absolute atomic E-state index is 12.7. The van der Waals surface area contributed by atoms with Crippen molar-refractivity contribution < 1.29 is 9.63 Å². The number of benzene rings is 2. The third-order valence-electron chi connectivity index (χ3n) is 4.26. The van der Waals surface area contributed by atoms with E-state index in [1.165, 1.54) is 4.57 Å². The number of aromatic hydroxyl groups is 1. The lowest BCUT2D eigenvalue weighted by molar-refractivity contribution is 0.425. The molecule has 0 radical (unpaired) electrons. The standard InChI is InChI=1S/C19H15N3O3S/c1-22-14-6-4-3-5-13(14)16(23)15(19(22)24)18-20-17(21-25-18)11-7-9-12(26-2)10-8-11/h3-10,23H,1-2H3. The summed E-state index contributed by atoms with van der Waals surface area (Å²) in [6, 6.07) is 14.8. The Kier molecular flexibility index (Phi) is 4.00. The molecule has 2 aromatic carbocycles. The number of pyridine rings is 1. The van der Waals surface area contributed by atoms with Gasteiger partial charge in [-0.1, -0.05) is 17.3 Å². The highest BCUT2D eigenvalue weighted by Gasteiger charge is 2.21. The van der Waals surface area contributed by atoms with Gasteiger partial charge in [-0.2, -0.15) is 4.98 Å². The lowest BCUT2D eigenvalue weighted by Gasteiger charge is -2.09. The number of hydrogen-bond acceptors (Lipinski definition) is 6. The van der Waals surface area contributed by atoms with E-state index in [9.17, 15) is 9.90 Å². The Bertz CT molecular complexity index is 1160. The van der Waals surface area contributed by atoms with Gasteiger partial charge in [-0.15, -0.1) is 11.8 Å². The van der Waals surface area contributed by atoms with Gasteiger partial charge in [0.1, 0.15) is 11.3 Å². The Labute approximate surface area is 153 Å². The quantitative estimate of drug-likeness (QED) is 0.558. The van der Waals surface area contributed by atoms with Gasteiger partial charge in [0.05, 0.1) is 5.52 Å². The van der Waals surface area contributed by atoms with E-state index < -0.39 is 5.56 Å². The number of rotatable bonds is 3. The van der Waals surface area contributed by atoms with Crippen molar-refractivity contribution >= 4 is 22.7 Å². The molecule has 26 heavy (non-hydrogen) atoms. The van der Waals surface area contributed by atoms with Crippen molar-refractivity contribution in [1.82, 2.24) is 14.7 Å². The summed E-state index contributed by atoms with van der Waals surface area (Å²) in [5.74, 6) is 0.205. The van der Waals surface area contributed by atoms with Gasteiger partial charge in [-0.05, 0) is 42.7 Å². The van der Waals surface area contributed by atoms with Crippen LogP contribution in [0.3, 0.4) is 0 Å². The van der Waals surface area contributed by atoms with Crippen LogP contribution in [0, 0.1) is 0 Å². The van der Waals surface area contributed by atoms with Gasteiger partial charge in [0.2, 0.25) is 5.82 Å². The molecule has 1 N–H and O–H groups in total. The third kappa shape index (κ3) is 2.57. The SMILES string of the molecule is CSc1ccc(-c2noc(-c3c(O)c4ccccc4n(C)c3=O)n2)cc1. The summed E-state index contributed by atoms with van der Waals surface area (Å²) in [5, 5.41) is 15.1. The first-order chi connectivity index (χ1) is 12.6. The predicted octanol–water partition coefficient (Wildman–Crippen LogP) is 3.68. The highest BCUT2D eigenvalue weighted by atomic mass is 32.2. The van der Waals surface area contributed by atoms with Crippen LogP contribution in [0.15, 0.2) is 62.7 Å². The average Bonchev–Trinajstić information content (AvgIpc) is 3.16. The van der Waals surface area contributed by atoms with Crippen LogP contribution < -0.4 is 5.56 Å². The molecule has 0 amide bonds. The highest BCUT2D eigenvalue weighted by molar-refractivity contribution is 7.98. The minimum Gasteiger partial charge on any atom is -0.506 e. The first-order valence-electron chi connectivity index (χ1n) is 7.89. The maximum Gasteiger partial charge on any atom is 0.267 e. The second kappa shape index (κ2) is 6.34. The minimum absolute atomic E-state index is 0.00204. The zero-order chi connectivity index (χ0) is 18.3. The smallest absolute Gasteiger partial charge is 0.267 e. The molecule has 0 atom stereocenters. The summed E-state index contributed by atoms with van der Waals surface area (Å²) in [6.07, 6.45) is 2.00. The zero-order valence-electron chi connectivity index (χ0n) is 14.1. The Balaban J connectivity index is 1.86. The molecular weight excluding hydrogens is 350 g/mol. The van der Waals surface area contributed by atoms with E-state index in [1.54, 1.807) is 37.0 Å². The van der Waals surface area contributed by atoms with E-state index in [1.807, 2.05) is 36.6 Å². The third-order valence-corrected chi connectivity index (χ3v) is 5.01. The van der Waals surface area contributed by atoms with Gasteiger partial charge in [0.25, 0.3) is 11.4 Å². The monoisotopic (exact) mass is 365 g/mol. The molecule has 4 rings (SSSR count). The first-order valence-corrected chi connectivity index (χ1v) is 9.12. The molecule has 6 nitrogen and oxygen atoms in total. The topological polar surface area (TPSA) is 81.2 Å². The van der Waals surface area contributed by atoms with Crippen LogP contribution in [0.1, 0.15) is 0 Å². The number of aryl methyl sites for hydroxylation is 1. The molecule has 7 heteroatoms. The van der Waals surface area contributed by atoms with Gasteiger partial charge < -0.3 is 14.2 Å². The van der Waals surface area contributed by atoms with Crippen LogP contribution in [-0.2, 0) is 7.05 Å². The zero-order valence-corrected chi connectivity index (χ0v) is 14.9. The van der Waals surface area contributed by atoms with Crippen molar-refractivity contribution in [3.05, 3.63) is 58.9 Å². The van der Waals surface area contributed by atoms with Gasteiger partial charge in [-0.3, -0.25) is 4.79 Å².